The van der Waals surface area contributed by atoms with Gasteiger partial charge in [-0.05, 0) is 32.1 Å². The SMILES string of the molecule is CCC(C(=O)NC(=NO)C1CC1)N1CCC(n2ncc(Cl)c(Cl)c2=O)CC1. The van der Waals surface area contributed by atoms with Crippen LogP contribution in [0.3, 0.4) is 0 Å². The maximum atomic E-state index is 12.6. The molecule has 1 saturated heterocycles. The van der Waals surface area contributed by atoms with E-state index in [1.54, 1.807) is 0 Å². The topological polar surface area (TPSA) is 99.8 Å². The number of amides is 1. The molecule has 10 heteroatoms. The number of rotatable bonds is 5. The highest BCUT2D eigenvalue weighted by Gasteiger charge is 2.34. The zero-order chi connectivity index (χ0) is 19.6. The van der Waals surface area contributed by atoms with Gasteiger partial charge in [-0.15, -0.1) is 0 Å². The average molecular weight is 416 g/mol. The molecule has 1 atom stereocenters. The number of aromatic nitrogens is 2. The van der Waals surface area contributed by atoms with Crippen LogP contribution in [0.15, 0.2) is 16.1 Å². The average Bonchev–Trinajstić information content (AvgIpc) is 3.51. The predicted molar refractivity (Wildman–Crippen MR) is 103 cm³/mol. The second kappa shape index (κ2) is 8.58. The van der Waals surface area contributed by atoms with Gasteiger partial charge in [0.1, 0.15) is 5.02 Å². The van der Waals surface area contributed by atoms with E-state index in [-0.39, 0.29) is 39.5 Å². The highest BCUT2D eigenvalue weighted by Crippen LogP contribution is 2.30. The number of amidine groups is 1. The minimum absolute atomic E-state index is 0.0178. The zero-order valence-electron chi connectivity index (χ0n) is 15.1. The monoisotopic (exact) mass is 415 g/mol. The molecule has 1 aromatic heterocycles. The van der Waals surface area contributed by atoms with Crippen molar-refractivity contribution in [1.82, 2.24) is 20.0 Å². The fourth-order valence-corrected chi connectivity index (χ4v) is 3.77. The van der Waals surface area contributed by atoms with Gasteiger partial charge in [0.15, 0.2) is 5.84 Å². The molecule has 1 amide bonds. The fraction of sp³-hybridized carbons (Fsp3) is 0.647. The molecule has 0 aromatic carbocycles. The molecule has 1 aromatic rings. The summed E-state index contributed by atoms with van der Waals surface area (Å²) in [5.41, 5.74) is -0.388. The molecular weight excluding hydrogens is 393 g/mol. The fourth-order valence-electron chi connectivity index (χ4n) is 3.51. The minimum atomic E-state index is -0.388. The normalized spacial score (nSPS) is 20.5. The van der Waals surface area contributed by atoms with Gasteiger partial charge < -0.3 is 10.5 Å². The molecule has 27 heavy (non-hydrogen) atoms. The van der Waals surface area contributed by atoms with Crippen LogP contribution in [-0.4, -0.2) is 50.8 Å². The van der Waals surface area contributed by atoms with Crippen molar-refractivity contribution in [2.75, 3.05) is 13.1 Å². The smallest absolute Gasteiger partial charge is 0.287 e. The van der Waals surface area contributed by atoms with E-state index in [9.17, 15) is 9.59 Å². The predicted octanol–water partition coefficient (Wildman–Crippen LogP) is 2.28. The molecule has 2 heterocycles. The molecule has 2 fully saturated rings. The molecule has 2 aliphatic rings. The second-order valence-corrected chi connectivity index (χ2v) is 7.78. The molecule has 1 saturated carbocycles. The Bertz CT molecular complexity index is 785. The minimum Gasteiger partial charge on any atom is -0.409 e. The molecule has 0 radical (unpaired) electrons. The Hall–Kier alpha value is -1.64. The van der Waals surface area contributed by atoms with Gasteiger partial charge in [-0.1, -0.05) is 35.3 Å². The first kappa shape index (κ1) is 20.1. The van der Waals surface area contributed by atoms with Crippen molar-refractivity contribution in [2.24, 2.45) is 11.1 Å². The van der Waals surface area contributed by atoms with Crippen molar-refractivity contribution in [3.63, 3.8) is 0 Å². The van der Waals surface area contributed by atoms with E-state index in [1.807, 2.05) is 6.92 Å². The number of piperidine rings is 1. The van der Waals surface area contributed by atoms with Crippen molar-refractivity contribution < 1.29 is 10.0 Å². The lowest BCUT2D eigenvalue weighted by molar-refractivity contribution is -0.125. The molecule has 3 rings (SSSR count). The van der Waals surface area contributed by atoms with Crippen LogP contribution in [0.2, 0.25) is 10.0 Å². The summed E-state index contributed by atoms with van der Waals surface area (Å²) in [6.07, 6.45) is 5.26. The molecule has 148 valence electrons. The Labute approximate surface area is 167 Å². The van der Waals surface area contributed by atoms with Crippen LogP contribution >= 0.6 is 23.2 Å². The Morgan fingerprint density at radius 3 is 2.59 bits per heavy atom. The molecule has 0 bridgehead atoms. The van der Waals surface area contributed by atoms with Gasteiger partial charge in [-0.3, -0.25) is 14.5 Å². The van der Waals surface area contributed by atoms with E-state index in [0.29, 0.717) is 38.2 Å². The van der Waals surface area contributed by atoms with Crippen molar-refractivity contribution in [2.45, 2.75) is 51.1 Å². The summed E-state index contributed by atoms with van der Waals surface area (Å²) in [6.45, 7) is 3.26. The molecule has 1 unspecified atom stereocenters. The van der Waals surface area contributed by atoms with Gasteiger partial charge in [0.05, 0.1) is 23.3 Å². The summed E-state index contributed by atoms with van der Waals surface area (Å²) < 4.78 is 1.39. The second-order valence-electron chi connectivity index (χ2n) is 7.00. The van der Waals surface area contributed by atoms with Crippen LogP contribution < -0.4 is 10.9 Å². The maximum absolute atomic E-state index is 12.6. The quantitative estimate of drug-likeness (QED) is 0.332. The van der Waals surface area contributed by atoms with Gasteiger partial charge in [-0.25, -0.2) is 4.68 Å². The summed E-state index contributed by atoms with van der Waals surface area (Å²) in [5.74, 6) is 0.371. The van der Waals surface area contributed by atoms with E-state index < -0.39 is 0 Å². The molecular formula is C17H23Cl2N5O3. The summed E-state index contributed by atoms with van der Waals surface area (Å²) in [5, 5.41) is 19.3. The summed E-state index contributed by atoms with van der Waals surface area (Å²) >= 11 is 11.8. The highest BCUT2D eigenvalue weighted by molar-refractivity contribution is 6.41. The number of carbonyl (C=O) groups is 1. The number of hydrogen-bond acceptors (Lipinski definition) is 6. The highest BCUT2D eigenvalue weighted by atomic mass is 35.5. The first-order valence-corrected chi connectivity index (χ1v) is 9.91. The number of nitrogens with zero attached hydrogens (tertiary/aromatic N) is 4. The lowest BCUT2D eigenvalue weighted by Crippen LogP contribution is -2.51. The van der Waals surface area contributed by atoms with E-state index in [4.69, 9.17) is 28.4 Å². The van der Waals surface area contributed by atoms with E-state index in [1.165, 1.54) is 10.9 Å². The Kier molecular flexibility index (Phi) is 6.39. The van der Waals surface area contributed by atoms with E-state index in [0.717, 1.165) is 12.8 Å². The number of carbonyl (C=O) groups excluding carboxylic acids is 1. The number of hydrogen-bond donors (Lipinski definition) is 2. The maximum Gasteiger partial charge on any atom is 0.287 e. The molecule has 2 N–H and O–H groups in total. The molecule has 1 aliphatic carbocycles. The van der Waals surface area contributed by atoms with Gasteiger partial charge in [0.2, 0.25) is 5.91 Å². The number of oxime groups is 1. The van der Waals surface area contributed by atoms with Gasteiger partial charge in [0.25, 0.3) is 5.56 Å². The summed E-state index contributed by atoms with van der Waals surface area (Å²) in [6, 6.07) is -0.384. The summed E-state index contributed by atoms with van der Waals surface area (Å²) in [7, 11) is 0. The Morgan fingerprint density at radius 1 is 1.37 bits per heavy atom. The lowest BCUT2D eigenvalue weighted by Gasteiger charge is -2.36. The third-order valence-electron chi connectivity index (χ3n) is 5.20. The first-order valence-electron chi connectivity index (χ1n) is 9.15. The van der Waals surface area contributed by atoms with E-state index in [2.05, 4.69) is 20.5 Å². The summed E-state index contributed by atoms with van der Waals surface area (Å²) in [4.78, 5) is 27.0. The molecule has 0 spiro atoms. The molecule has 1 aliphatic heterocycles. The number of nitrogens with one attached hydrogen (secondary N) is 1. The van der Waals surface area contributed by atoms with Gasteiger partial charge in [-0.2, -0.15) is 5.10 Å². The largest absolute Gasteiger partial charge is 0.409 e. The van der Waals surface area contributed by atoms with Crippen LogP contribution in [0, 0.1) is 5.92 Å². The zero-order valence-corrected chi connectivity index (χ0v) is 16.6. The lowest BCUT2D eigenvalue weighted by atomic mass is 10.0. The van der Waals surface area contributed by atoms with Gasteiger partial charge in [0, 0.05) is 19.0 Å². The van der Waals surface area contributed by atoms with Crippen molar-refractivity contribution in [3.05, 3.63) is 26.6 Å². The van der Waals surface area contributed by atoms with Crippen LogP contribution in [0.1, 0.15) is 45.1 Å². The first-order chi connectivity index (χ1) is 13.0. The number of likely N-dealkylation sites (tertiary alicyclic amines) is 1. The van der Waals surface area contributed by atoms with Gasteiger partial charge >= 0.3 is 0 Å². The van der Waals surface area contributed by atoms with Crippen molar-refractivity contribution in [1.29, 1.82) is 0 Å². The van der Waals surface area contributed by atoms with Crippen molar-refractivity contribution in [3.8, 4) is 0 Å². The third kappa shape index (κ3) is 4.44. The third-order valence-corrected chi connectivity index (χ3v) is 5.95. The standard InChI is InChI=1S/C17H23Cl2N5O3/c1-2-13(16(25)21-15(22-27)10-3-4-10)23-7-5-11(6-8-23)24-17(26)14(19)12(18)9-20-24/h9-11,13,27H,2-8H2,1H3,(H,21,22,25). The van der Waals surface area contributed by atoms with Crippen molar-refractivity contribution >= 4 is 34.9 Å². The van der Waals surface area contributed by atoms with Crippen LogP contribution in [0.4, 0.5) is 0 Å². The Balaban J connectivity index is 1.62. The van der Waals surface area contributed by atoms with Crippen LogP contribution in [-0.2, 0) is 4.79 Å². The number of halogens is 2. The van der Waals surface area contributed by atoms with Crippen LogP contribution in [0.25, 0.3) is 0 Å². The van der Waals surface area contributed by atoms with Crippen LogP contribution in [0.5, 0.6) is 0 Å². The molecule has 8 nitrogen and oxygen atoms in total. The Morgan fingerprint density at radius 2 is 2.04 bits per heavy atom. The van der Waals surface area contributed by atoms with E-state index >= 15 is 0 Å².